The Balaban J connectivity index is 1.49. The molecule has 7 nitrogen and oxygen atoms in total. The predicted octanol–water partition coefficient (Wildman–Crippen LogP) is 3.19. The highest BCUT2D eigenvalue weighted by atomic mass is 32.2. The van der Waals surface area contributed by atoms with Gasteiger partial charge < -0.3 is 14.5 Å². The van der Waals surface area contributed by atoms with Crippen LogP contribution in [-0.2, 0) is 14.3 Å². The highest BCUT2D eigenvalue weighted by Crippen LogP contribution is 2.28. The van der Waals surface area contributed by atoms with Crippen LogP contribution in [0.5, 0.6) is 0 Å². The molecule has 2 aromatic rings. The molecule has 1 N–H and O–H groups in total. The Bertz CT molecular complexity index is 834. The topological polar surface area (TPSA) is 105 Å². The van der Waals surface area contributed by atoms with Crippen LogP contribution in [0.4, 0.5) is 0 Å². The first-order chi connectivity index (χ1) is 13.0. The number of thioether (sulfide) groups is 1. The fourth-order valence-electron chi connectivity index (χ4n) is 3.08. The minimum atomic E-state index is -0.964. The number of carbonyl (C=O) groups is 2. The quantitative estimate of drug-likeness (QED) is 0.599. The van der Waals surface area contributed by atoms with Gasteiger partial charge in [0.05, 0.1) is 6.07 Å². The summed E-state index contributed by atoms with van der Waals surface area (Å²) in [5, 5.41) is 12.6. The summed E-state index contributed by atoms with van der Waals surface area (Å²) in [5.74, 6) is -1.01. The molecule has 0 radical (unpaired) electrons. The maximum Gasteiger partial charge on any atom is 0.317 e. The number of nitrogens with zero attached hydrogens (tertiary/aromatic N) is 2. The minimum absolute atomic E-state index is 0.0200. The van der Waals surface area contributed by atoms with E-state index in [1.54, 1.807) is 6.07 Å². The molecule has 1 aromatic carbocycles. The van der Waals surface area contributed by atoms with Gasteiger partial charge in [0.2, 0.25) is 0 Å². The second-order valence-electron chi connectivity index (χ2n) is 6.61. The average Bonchev–Trinajstić information content (AvgIpc) is 3.10. The summed E-state index contributed by atoms with van der Waals surface area (Å²) >= 11 is 1.11. The molecule has 0 spiro atoms. The Labute approximate surface area is 161 Å². The summed E-state index contributed by atoms with van der Waals surface area (Å²) in [6.07, 6.45) is 3.17. The predicted molar refractivity (Wildman–Crippen MR) is 99.9 cm³/mol. The molecular weight excluding hydrogens is 366 g/mol. The molecule has 142 valence electrons. The Morgan fingerprint density at radius 1 is 1.37 bits per heavy atom. The van der Waals surface area contributed by atoms with E-state index < -0.39 is 23.5 Å². The van der Waals surface area contributed by atoms with Gasteiger partial charge in [-0.2, -0.15) is 5.26 Å². The molecule has 1 saturated carbocycles. The summed E-state index contributed by atoms with van der Waals surface area (Å²) in [7, 11) is 0. The first-order valence-corrected chi connectivity index (χ1v) is 9.91. The number of nitrogens with one attached hydrogen (secondary N) is 1. The van der Waals surface area contributed by atoms with Crippen molar-refractivity contribution in [3.63, 3.8) is 0 Å². The number of rotatable bonds is 6. The number of benzene rings is 1. The second-order valence-corrected chi connectivity index (χ2v) is 7.54. The van der Waals surface area contributed by atoms with Gasteiger partial charge >= 0.3 is 5.97 Å². The summed E-state index contributed by atoms with van der Waals surface area (Å²) in [4.78, 5) is 28.6. The summed E-state index contributed by atoms with van der Waals surface area (Å²) in [5.41, 5.74) is 0.522. The number of amides is 1. The molecule has 0 saturated heterocycles. The molecule has 1 aromatic heterocycles. The molecule has 1 amide bonds. The Hall–Kier alpha value is -2.53. The van der Waals surface area contributed by atoms with Crippen LogP contribution in [0.1, 0.15) is 39.0 Å². The molecule has 1 atom stereocenters. The summed E-state index contributed by atoms with van der Waals surface area (Å²) in [6, 6.07) is 9.54. The van der Waals surface area contributed by atoms with Crippen LogP contribution in [0, 0.1) is 11.3 Å². The van der Waals surface area contributed by atoms with Crippen molar-refractivity contribution in [2.75, 3.05) is 5.75 Å². The Morgan fingerprint density at radius 3 is 2.81 bits per heavy atom. The standard InChI is InChI=1S/C19H21N3O4S/c1-13(17(24)22-19(12-20)9-5-2-6-10-19)25-16(23)11-27-18-21-14-7-3-4-8-15(14)26-18/h3-4,7-8,13H,2,5-6,9-11H2,1H3,(H,22,24). The SMILES string of the molecule is CC(OC(=O)CSc1nc2ccccc2o1)C(=O)NC1(C#N)CCCCC1. The Kier molecular flexibility index (Phi) is 6.01. The van der Waals surface area contributed by atoms with E-state index in [0.717, 1.165) is 36.5 Å². The van der Waals surface area contributed by atoms with Crippen LogP contribution >= 0.6 is 11.8 Å². The number of hydrogen-bond acceptors (Lipinski definition) is 7. The van der Waals surface area contributed by atoms with E-state index in [0.29, 0.717) is 23.6 Å². The number of hydrogen-bond donors (Lipinski definition) is 1. The fourth-order valence-corrected chi connectivity index (χ4v) is 3.70. The second kappa shape index (κ2) is 8.44. The monoisotopic (exact) mass is 387 g/mol. The summed E-state index contributed by atoms with van der Waals surface area (Å²) < 4.78 is 10.7. The molecule has 0 aliphatic heterocycles. The van der Waals surface area contributed by atoms with E-state index in [2.05, 4.69) is 16.4 Å². The average molecular weight is 387 g/mol. The molecule has 27 heavy (non-hydrogen) atoms. The van der Waals surface area contributed by atoms with Crippen LogP contribution in [-0.4, -0.2) is 34.3 Å². The van der Waals surface area contributed by atoms with Gasteiger partial charge in [0.1, 0.15) is 16.8 Å². The summed E-state index contributed by atoms with van der Waals surface area (Å²) in [6.45, 7) is 1.51. The fraction of sp³-hybridized carbons (Fsp3) is 0.474. The molecule has 8 heteroatoms. The van der Waals surface area contributed by atoms with Crippen molar-refractivity contribution < 1.29 is 18.7 Å². The molecule has 1 heterocycles. The van der Waals surface area contributed by atoms with Crippen LogP contribution in [0.2, 0.25) is 0 Å². The maximum absolute atomic E-state index is 12.3. The van der Waals surface area contributed by atoms with E-state index >= 15 is 0 Å². The van der Waals surface area contributed by atoms with Gasteiger partial charge in [-0.3, -0.25) is 9.59 Å². The first-order valence-electron chi connectivity index (χ1n) is 8.92. The lowest BCUT2D eigenvalue weighted by molar-refractivity contribution is -0.152. The highest BCUT2D eigenvalue weighted by molar-refractivity contribution is 7.99. The van der Waals surface area contributed by atoms with Gasteiger partial charge in [0, 0.05) is 0 Å². The van der Waals surface area contributed by atoms with Gasteiger partial charge in [-0.05, 0) is 31.9 Å². The van der Waals surface area contributed by atoms with Gasteiger partial charge in [0.15, 0.2) is 11.7 Å². The number of esters is 1. The van der Waals surface area contributed by atoms with Gasteiger partial charge in [-0.25, -0.2) is 4.98 Å². The smallest absolute Gasteiger partial charge is 0.317 e. The zero-order valence-corrected chi connectivity index (χ0v) is 15.9. The normalized spacial score (nSPS) is 17.0. The highest BCUT2D eigenvalue weighted by Gasteiger charge is 2.35. The van der Waals surface area contributed by atoms with Gasteiger partial charge in [-0.1, -0.05) is 43.2 Å². The van der Waals surface area contributed by atoms with E-state index in [4.69, 9.17) is 9.15 Å². The van der Waals surface area contributed by atoms with Crippen molar-refractivity contribution in [3.8, 4) is 6.07 Å². The van der Waals surface area contributed by atoms with Gasteiger partial charge in [0.25, 0.3) is 11.1 Å². The van der Waals surface area contributed by atoms with Crippen LogP contribution in [0.15, 0.2) is 33.9 Å². The van der Waals surface area contributed by atoms with E-state index in [1.165, 1.54) is 6.92 Å². The van der Waals surface area contributed by atoms with Gasteiger partial charge in [-0.15, -0.1) is 0 Å². The molecule has 3 rings (SSSR count). The zero-order valence-electron chi connectivity index (χ0n) is 15.1. The lowest BCUT2D eigenvalue weighted by Gasteiger charge is -2.32. The zero-order chi connectivity index (χ0) is 19.3. The van der Waals surface area contributed by atoms with Crippen molar-refractivity contribution in [2.45, 2.75) is 55.9 Å². The molecule has 1 unspecified atom stereocenters. The van der Waals surface area contributed by atoms with Crippen LogP contribution in [0.3, 0.4) is 0 Å². The third kappa shape index (κ3) is 4.80. The van der Waals surface area contributed by atoms with Crippen LogP contribution in [0.25, 0.3) is 11.1 Å². The van der Waals surface area contributed by atoms with Crippen LogP contribution < -0.4 is 5.32 Å². The first kappa shape index (κ1) is 19.2. The lowest BCUT2D eigenvalue weighted by atomic mass is 9.83. The van der Waals surface area contributed by atoms with Crippen molar-refractivity contribution in [3.05, 3.63) is 24.3 Å². The number of oxazole rings is 1. The van der Waals surface area contributed by atoms with Crippen molar-refractivity contribution in [1.29, 1.82) is 5.26 Å². The largest absolute Gasteiger partial charge is 0.452 e. The van der Waals surface area contributed by atoms with E-state index in [-0.39, 0.29) is 5.75 Å². The number of ether oxygens (including phenoxy) is 1. The lowest BCUT2D eigenvalue weighted by Crippen LogP contribution is -2.52. The molecule has 0 bridgehead atoms. The number of carbonyl (C=O) groups excluding carboxylic acids is 2. The van der Waals surface area contributed by atoms with E-state index in [9.17, 15) is 14.9 Å². The molecule has 1 fully saturated rings. The van der Waals surface area contributed by atoms with Crippen molar-refractivity contribution in [1.82, 2.24) is 10.3 Å². The minimum Gasteiger partial charge on any atom is -0.452 e. The number of para-hydroxylation sites is 2. The van der Waals surface area contributed by atoms with Crippen molar-refractivity contribution in [2.24, 2.45) is 0 Å². The number of nitriles is 1. The maximum atomic E-state index is 12.3. The number of fused-ring (bicyclic) bond motifs is 1. The molecule has 1 aliphatic carbocycles. The third-order valence-electron chi connectivity index (χ3n) is 4.55. The number of aromatic nitrogens is 1. The molecule has 1 aliphatic rings. The van der Waals surface area contributed by atoms with E-state index in [1.807, 2.05) is 18.2 Å². The van der Waals surface area contributed by atoms with Crippen molar-refractivity contribution >= 4 is 34.7 Å². The third-order valence-corrected chi connectivity index (χ3v) is 5.35. The molecular formula is C19H21N3O4S. The Morgan fingerprint density at radius 2 is 2.11 bits per heavy atom.